The number of esters is 1. The molecule has 122 valence electrons. The predicted molar refractivity (Wildman–Crippen MR) is 82.5 cm³/mol. The largest absolute Gasteiger partial charge is 0.465 e. The zero-order valence-electron chi connectivity index (χ0n) is 12.5. The summed E-state index contributed by atoms with van der Waals surface area (Å²) in [6.07, 6.45) is 3.00. The Balaban J connectivity index is 1.87. The summed E-state index contributed by atoms with van der Waals surface area (Å²) < 4.78 is 6.29. The summed E-state index contributed by atoms with van der Waals surface area (Å²) in [4.78, 5) is 26.0. The quantitative estimate of drug-likeness (QED) is 0.423. The normalized spacial score (nSPS) is 10.5. The third kappa shape index (κ3) is 2.84. The Kier molecular flexibility index (Phi) is 4.01. The molecule has 0 radical (unpaired) electrons. The smallest absolute Gasteiger partial charge is 0.339 e. The number of ether oxygens (including phenoxy) is 1. The van der Waals surface area contributed by atoms with Crippen LogP contribution in [0.1, 0.15) is 16.2 Å². The van der Waals surface area contributed by atoms with Gasteiger partial charge in [-0.05, 0) is 12.1 Å². The highest BCUT2D eigenvalue weighted by atomic mass is 16.6. The summed E-state index contributed by atoms with van der Waals surface area (Å²) in [7, 11) is 1.19. The van der Waals surface area contributed by atoms with Crippen molar-refractivity contribution in [2.75, 3.05) is 12.4 Å². The van der Waals surface area contributed by atoms with E-state index in [1.807, 2.05) is 12.1 Å². The van der Waals surface area contributed by atoms with Crippen LogP contribution in [0.4, 0.5) is 11.5 Å². The fraction of sp³-hybridized carbons (Fsp3) is 0.143. The second kappa shape index (κ2) is 6.28. The summed E-state index contributed by atoms with van der Waals surface area (Å²) in [5.41, 5.74) is 0.340. The first kappa shape index (κ1) is 15.3. The maximum Gasteiger partial charge on any atom is 0.339 e. The highest BCUT2D eigenvalue weighted by Gasteiger charge is 2.20. The number of nitrogens with zero attached hydrogens (tertiary/aromatic N) is 5. The highest BCUT2D eigenvalue weighted by molar-refractivity contribution is 5.90. The van der Waals surface area contributed by atoms with Gasteiger partial charge < -0.3 is 10.1 Å². The monoisotopic (exact) mass is 328 g/mol. The summed E-state index contributed by atoms with van der Waals surface area (Å²) in [6, 6.07) is 6.57. The fourth-order valence-corrected chi connectivity index (χ4v) is 2.13. The number of carbonyl (C=O) groups is 1. The number of nitrogens with one attached hydrogen (secondary N) is 1. The molecule has 0 aliphatic carbocycles. The van der Waals surface area contributed by atoms with Gasteiger partial charge in [-0.2, -0.15) is 0 Å². The molecule has 10 nitrogen and oxygen atoms in total. The number of rotatable bonds is 5. The van der Waals surface area contributed by atoms with Crippen LogP contribution < -0.4 is 5.32 Å². The van der Waals surface area contributed by atoms with Crippen molar-refractivity contribution in [2.24, 2.45) is 0 Å². The van der Waals surface area contributed by atoms with E-state index in [0.29, 0.717) is 11.5 Å². The first-order chi connectivity index (χ1) is 11.6. The Morgan fingerprint density at radius 3 is 3.00 bits per heavy atom. The molecule has 3 aromatic heterocycles. The maximum atomic E-state index is 11.5. The average molecular weight is 328 g/mol. The van der Waals surface area contributed by atoms with Crippen LogP contribution in [0, 0.1) is 10.1 Å². The van der Waals surface area contributed by atoms with Gasteiger partial charge in [-0.1, -0.05) is 6.07 Å². The molecular formula is C14H12N6O4. The van der Waals surface area contributed by atoms with E-state index in [4.69, 9.17) is 0 Å². The van der Waals surface area contributed by atoms with Gasteiger partial charge in [0.1, 0.15) is 0 Å². The van der Waals surface area contributed by atoms with E-state index in [1.54, 1.807) is 16.7 Å². The van der Waals surface area contributed by atoms with Gasteiger partial charge in [-0.15, -0.1) is 10.2 Å². The number of methoxy groups -OCH3 is 1. The molecule has 3 heterocycles. The van der Waals surface area contributed by atoms with E-state index >= 15 is 0 Å². The molecule has 0 aliphatic rings. The van der Waals surface area contributed by atoms with Crippen LogP contribution in [0.25, 0.3) is 5.65 Å². The summed E-state index contributed by atoms with van der Waals surface area (Å²) in [5.74, 6) is -0.0975. The van der Waals surface area contributed by atoms with E-state index in [1.165, 1.54) is 13.3 Å². The van der Waals surface area contributed by atoms with Gasteiger partial charge in [0.25, 0.3) is 0 Å². The lowest BCUT2D eigenvalue weighted by Gasteiger charge is -2.06. The summed E-state index contributed by atoms with van der Waals surface area (Å²) in [6.45, 7) is 0.177. The SMILES string of the molecule is COC(=O)c1cnc(NCc2nnc3ccccn23)c([N+](=O)[O-])c1. The van der Waals surface area contributed by atoms with E-state index < -0.39 is 10.9 Å². The van der Waals surface area contributed by atoms with Crippen LogP contribution in [0.15, 0.2) is 36.7 Å². The van der Waals surface area contributed by atoms with Crippen molar-refractivity contribution in [3.05, 3.63) is 58.2 Å². The number of aromatic nitrogens is 4. The second-order valence-electron chi connectivity index (χ2n) is 4.74. The van der Waals surface area contributed by atoms with Crippen molar-refractivity contribution in [1.29, 1.82) is 0 Å². The Bertz CT molecular complexity index is 923. The molecular weight excluding hydrogens is 316 g/mol. The zero-order valence-corrected chi connectivity index (χ0v) is 12.5. The van der Waals surface area contributed by atoms with E-state index in [9.17, 15) is 14.9 Å². The molecule has 0 spiro atoms. The van der Waals surface area contributed by atoms with Gasteiger partial charge in [0.05, 0.1) is 24.1 Å². The van der Waals surface area contributed by atoms with E-state index in [2.05, 4.69) is 25.2 Å². The van der Waals surface area contributed by atoms with Crippen molar-refractivity contribution in [3.63, 3.8) is 0 Å². The van der Waals surface area contributed by atoms with Gasteiger partial charge in [0, 0.05) is 18.5 Å². The number of hydrogen-bond donors (Lipinski definition) is 1. The van der Waals surface area contributed by atoms with Crippen molar-refractivity contribution >= 4 is 23.1 Å². The first-order valence-electron chi connectivity index (χ1n) is 6.85. The lowest BCUT2D eigenvalue weighted by molar-refractivity contribution is -0.384. The lowest BCUT2D eigenvalue weighted by atomic mass is 10.2. The molecule has 3 rings (SSSR count). The van der Waals surface area contributed by atoms with Gasteiger partial charge in [0.15, 0.2) is 11.5 Å². The minimum absolute atomic E-state index is 0.00248. The lowest BCUT2D eigenvalue weighted by Crippen LogP contribution is -2.09. The Morgan fingerprint density at radius 2 is 2.25 bits per heavy atom. The number of pyridine rings is 2. The fourth-order valence-electron chi connectivity index (χ4n) is 2.13. The van der Waals surface area contributed by atoms with Gasteiger partial charge in [-0.3, -0.25) is 14.5 Å². The second-order valence-corrected chi connectivity index (χ2v) is 4.74. The first-order valence-corrected chi connectivity index (χ1v) is 6.85. The van der Waals surface area contributed by atoms with Gasteiger partial charge in [-0.25, -0.2) is 9.78 Å². The van der Waals surface area contributed by atoms with Crippen LogP contribution in [0.3, 0.4) is 0 Å². The third-order valence-electron chi connectivity index (χ3n) is 3.28. The molecule has 0 atom stereocenters. The molecule has 1 N–H and O–H groups in total. The molecule has 0 bridgehead atoms. The molecule has 0 saturated carbocycles. The van der Waals surface area contributed by atoms with Crippen molar-refractivity contribution in [3.8, 4) is 0 Å². The topological polar surface area (TPSA) is 125 Å². The molecule has 0 unspecified atom stereocenters. The molecule has 3 aromatic rings. The van der Waals surface area contributed by atoms with E-state index in [0.717, 1.165) is 6.07 Å². The standard InChI is InChI=1S/C14H12N6O4/c1-24-14(21)9-6-10(20(22)23)13(15-7-9)16-8-12-18-17-11-4-2-3-5-19(11)12/h2-7H,8H2,1H3,(H,15,16). The van der Waals surface area contributed by atoms with Crippen LogP contribution in [0.5, 0.6) is 0 Å². The summed E-state index contributed by atoms with van der Waals surface area (Å²) >= 11 is 0. The Morgan fingerprint density at radius 1 is 1.42 bits per heavy atom. The minimum Gasteiger partial charge on any atom is -0.465 e. The Hall–Kier alpha value is -3.56. The molecule has 0 fully saturated rings. The van der Waals surface area contributed by atoms with Crippen molar-refractivity contribution in [2.45, 2.75) is 6.54 Å². The number of nitro groups is 1. The molecule has 10 heteroatoms. The number of hydrogen-bond acceptors (Lipinski definition) is 8. The number of fused-ring (bicyclic) bond motifs is 1. The Labute approximate surface area is 135 Å². The third-order valence-corrected chi connectivity index (χ3v) is 3.28. The number of anilines is 1. The average Bonchev–Trinajstić information content (AvgIpc) is 3.02. The number of carbonyl (C=O) groups excluding carboxylic acids is 1. The maximum absolute atomic E-state index is 11.5. The van der Waals surface area contributed by atoms with Crippen LogP contribution in [-0.4, -0.2) is 37.6 Å². The minimum atomic E-state index is -0.694. The molecule has 0 aliphatic heterocycles. The van der Waals surface area contributed by atoms with Gasteiger partial charge in [0.2, 0.25) is 5.82 Å². The zero-order chi connectivity index (χ0) is 17.1. The highest BCUT2D eigenvalue weighted by Crippen LogP contribution is 2.23. The van der Waals surface area contributed by atoms with Crippen molar-refractivity contribution < 1.29 is 14.5 Å². The molecule has 0 amide bonds. The van der Waals surface area contributed by atoms with Crippen molar-refractivity contribution in [1.82, 2.24) is 19.6 Å². The molecule has 24 heavy (non-hydrogen) atoms. The summed E-state index contributed by atoms with van der Waals surface area (Å²) in [5, 5.41) is 22.1. The van der Waals surface area contributed by atoms with Crippen LogP contribution in [-0.2, 0) is 11.3 Å². The molecule has 0 saturated heterocycles. The van der Waals surface area contributed by atoms with Crippen LogP contribution in [0.2, 0.25) is 0 Å². The molecule has 0 aromatic carbocycles. The van der Waals surface area contributed by atoms with Gasteiger partial charge >= 0.3 is 11.7 Å². The van der Waals surface area contributed by atoms with Crippen LogP contribution >= 0.6 is 0 Å². The van der Waals surface area contributed by atoms with E-state index in [-0.39, 0.29) is 23.6 Å². The predicted octanol–water partition coefficient (Wildman–Crippen LogP) is 1.43.